The molecule has 1 atom stereocenters. The van der Waals surface area contributed by atoms with Crippen LogP contribution in [0.2, 0.25) is 0 Å². The van der Waals surface area contributed by atoms with Crippen LogP contribution in [-0.2, 0) is 0 Å². The number of nitrogens with zero attached hydrogens (tertiary/aromatic N) is 2. The molecule has 1 N–H and O–H groups in total. The van der Waals surface area contributed by atoms with E-state index in [1.807, 2.05) is 0 Å². The van der Waals surface area contributed by atoms with Gasteiger partial charge in [-0.2, -0.15) is 0 Å². The zero-order valence-electron chi connectivity index (χ0n) is 16.3. The van der Waals surface area contributed by atoms with Crippen molar-refractivity contribution in [2.45, 2.75) is 13.1 Å². The van der Waals surface area contributed by atoms with Crippen LogP contribution in [0.25, 0.3) is 0 Å². The molecule has 0 radical (unpaired) electrons. The number of benzene rings is 2. The van der Waals surface area contributed by atoms with E-state index in [4.69, 9.17) is 9.47 Å². The number of hydrogen-bond acceptors (Lipinski definition) is 5. The number of carbonyl (C=O) groups excluding carboxylic acids is 1. The SMILES string of the molecule is COc1ccc(OC)c(N2C(=O)c3cccnc3[C@@H]2Nc2ccc(C)c(F)c2)c1. The third-order valence-corrected chi connectivity index (χ3v) is 4.93. The van der Waals surface area contributed by atoms with Crippen molar-refractivity contribution in [3.63, 3.8) is 0 Å². The summed E-state index contributed by atoms with van der Waals surface area (Å²) < 4.78 is 24.9. The van der Waals surface area contributed by atoms with Gasteiger partial charge in [0.25, 0.3) is 5.91 Å². The van der Waals surface area contributed by atoms with Gasteiger partial charge < -0.3 is 14.8 Å². The molecule has 1 aliphatic rings. The van der Waals surface area contributed by atoms with E-state index < -0.39 is 6.17 Å². The lowest BCUT2D eigenvalue weighted by Crippen LogP contribution is -2.32. The minimum Gasteiger partial charge on any atom is -0.497 e. The lowest BCUT2D eigenvalue weighted by Gasteiger charge is -2.28. The summed E-state index contributed by atoms with van der Waals surface area (Å²) in [7, 11) is 3.09. The summed E-state index contributed by atoms with van der Waals surface area (Å²) in [5.74, 6) is 0.530. The highest BCUT2D eigenvalue weighted by Gasteiger charge is 2.40. The van der Waals surface area contributed by atoms with E-state index in [1.54, 1.807) is 67.6 Å². The minimum absolute atomic E-state index is 0.232. The van der Waals surface area contributed by atoms with Gasteiger partial charge >= 0.3 is 0 Å². The number of rotatable bonds is 5. The zero-order chi connectivity index (χ0) is 20.5. The normalized spacial score (nSPS) is 15.2. The third kappa shape index (κ3) is 3.24. The highest BCUT2D eigenvalue weighted by atomic mass is 19.1. The molecule has 1 aromatic heterocycles. The Hall–Kier alpha value is -3.61. The topological polar surface area (TPSA) is 63.7 Å². The largest absolute Gasteiger partial charge is 0.497 e. The van der Waals surface area contributed by atoms with Crippen LogP contribution in [0, 0.1) is 12.7 Å². The lowest BCUT2D eigenvalue weighted by atomic mass is 10.2. The van der Waals surface area contributed by atoms with Crippen LogP contribution in [-0.4, -0.2) is 25.1 Å². The second-order valence-electron chi connectivity index (χ2n) is 6.66. The molecule has 1 aliphatic heterocycles. The molecular formula is C22H20FN3O3. The van der Waals surface area contributed by atoms with Crippen molar-refractivity contribution in [1.29, 1.82) is 0 Å². The fourth-order valence-electron chi connectivity index (χ4n) is 3.39. The first-order chi connectivity index (χ1) is 14.0. The summed E-state index contributed by atoms with van der Waals surface area (Å²) in [5, 5.41) is 3.24. The number of carbonyl (C=O) groups is 1. The second kappa shape index (κ2) is 7.43. The molecule has 0 aliphatic carbocycles. The van der Waals surface area contributed by atoms with E-state index in [-0.39, 0.29) is 11.7 Å². The molecule has 4 rings (SSSR count). The maximum Gasteiger partial charge on any atom is 0.262 e. The van der Waals surface area contributed by atoms with Crippen molar-refractivity contribution in [2.24, 2.45) is 0 Å². The number of hydrogen-bond donors (Lipinski definition) is 1. The Labute approximate surface area is 167 Å². The molecular weight excluding hydrogens is 373 g/mol. The maximum absolute atomic E-state index is 14.1. The van der Waals surface area contributed by atoms with Crippen LogP contribution >= 0.6 is 0 Å². The Balaban J connectivity index is 1.83. The van der Waals surface area contributed by atoms with Crippen LogP contribution in [0.5, 0.6) is 11.5 Å². The number of aromatic nitrogens is 1. The van der Waals surface area contributed by atoms with Crippen molar-refractivity contribution in [1.82, 2.24) is 4.98 Å². The highest BCUT2D eigenvalue weighted by molar-refractivity contribution is 6.11. The Morgan fingerprint density at radius 1 is 1.10 bits per heavy atom. The van der Waals surface area contributed by atoms with Crippen LogP contribution in [0.3, 0.4) is 0 Å². The number of amides is 1. The first kappa shape index (κ1) is 18.7. The van der Waals surface area contributed by atoms with Gasteiger partial charge in [-0.3, -0.25) is 14.7 Å². The summed E-state index contributed by atoms with van der Waals surface area (Å²) in [4.78, 5) is 19.2. The molecule has 0 saturated carbocycles. The summed E-state index contributed by atoms with van der Waals surface area (Å²) in [6.45, 7) is 1.70. The molecule has 7 heteroatoms. The van der Waals surface area contributed by atoms with Crippen molar-refractivity contribution in [3.05, 3.63) is 77.4 Å². The van der Waals surface area contributed by atoms with Gasteiger partial charge in [0.05, 0.1) is 31.2 Å². The van der Waals surface area contributed by atoms with E-state index in [0.717, 1.165) is 0 Å². The molecule has 2 aromatic carbocycles. The average Bonchev–Trinajstić information content (AvgIpc) is 3.02. The van der Waals surface area contributed by atoms with E-state index in [0.29, 0.717) is 39.7 Å². The maximum atomic E-state index is 14.1. The van der Waals surface area contributed by atoms with Crippen molar-refractivity contribution < 1.29 is 18.7 Å². The minimum atomic E-state index is -0.637. The summed E-state index contributed by atoms with van der Waals surface area (Å²) >= 11 is 0. The van der Waals surface area contributed by atoms with Crippen LogP contribution in [0.4, 0.5) is 15.8 Å². The molecule has 2 heterocycles. The number of methoxy groups -OCH3 is 2. The number of halogens is 1. The predicted octanol–water partition coefficient (Wildman–Crippen LogP) is 4.32. The fraction of sp³-hybridized carbons (Fsp3) is 0.182. The van der Waals surface area contributed by atoms with Gasteiger partial charge in [-0.15, -0.1) is 0 Å². The molecule has 148 valence electrons. The van der Waals surface area contributed by atoms with E-state index >= 15 is 0 Å². The molecule has 3 aromatic rings. The van der Waals surface area contributed by atoms with E-state index in [9.17, 15) is 9.18 Å². The third-order valence-electron chi connectivity index (χ3n) is 4.93. The highest BCUT2D eigenvalue weighted by Crippen LogP contribution is 2.42. The molecule has 0 spiro atoms. The van der Waals surface area contributed by atoms with Gasteiger partial charge in [-0.1, -0.05) is 6.07 Å². The Morgan fingerprint density at radius 3 is 2.66 bits per heavy atom. The molecule has 1 amide bonds. The lowest BCUT2D eigenvalue weighted by molar-refractivity contribution is 0.0992. The molecule has 29 heavy (non-hydrogen) atoms. The van der Waals surface area contributed by atoms with E-state index in [1.165, 1.54) is 13.2 Å². The van der Waals surface area contributed by atoms with Gasteiger partial charge in [0.15, 0.2) is 6.17 Å². The van der Waals surface area contributed by atoms with Gasteiger partial charge in [-0.05, 0) is 48.9 Å². The number of anilines is 2. The smallest absolute Gasteiger partial charge is 0.262 e. The molecule has 0 bridgehead atoms. The van der Waals surface area contributed by atoms with Gasteiger partial charge in [0.1, 0.15) is 17.3 Å². The molecule has 6 nitrogen and oxygen atoms in total. The first-order valence-corrected chi connectivity index (χ1v) is 9.06. The number of aryl methyl sites for hydroxylation is 1. The standard InChI is InChI=1S/C22H20FN3O3/c1-13-6-7-14(11-17(13)23)25-21-20-16(5-4-10-24-20)22(27)26(21)18-12-15(28-2)8-9-19(18)29-3/h4-12,21,25H,1-3H3/t21-/m1/s1. The fourth-order valence-corrected chi connectivity index (χ4v) is 3.39. The first-order valence-electron chi connectivity index (χ1n) is 9.06. The summed E-state index contributed by atoms with van der Waals surface area (Å²) in [6.07, 6.45) is 0.991. The van der Waals surface area contributed by atoms with Crippen LogP contribution < -0.4 is 19.7 Å². The zero-order valence-corrected chi connectivity index (χ0v) is 16.3. The number of fused-ring (bicyclic) bond motifs is 1. The average molecular weight is 393 g/mol. The van der Waals surface area contributed by atoms with Crippen molar-refractivity contribution >= 4 is 17.3 Å². The van der Waals surface area contributed by atoms with Gasteiger partial charge in [0, 0.05) is 18.0 Å². The second-order valence-corrected chi connectivity index (χ2v) is 6.66. The predicted molar refractivity (Wildman–Crippen MR) is 108 cm³/mol. The number of nitrogens with one attached hydrogen (secondary N) is 1. The summed E-state index contributed by atoms with van der Waals surface area (Å²) in [5.41, 5.74) is 2.64. The van der Waals surface area contributed by atoms with Crippen LogP contribution in [0.15, 0.2) is 54.7 Å². The van der Waals surface area contributed by atoms with Gasteiger partial charge in [-0.25, -0.2) is 4.39 Å². The van der Waals surface area contributed by atoms with Gasteiger partial charge in [0.2, 0.25) is 0 Å². The van der Waals surface area contributed by atoms with E-state index in [2.05, 4.69) is 10.3 Å². The molecule has 0 fully saturated rings. The Morgan fingerprint density at radius 2 is 1.93 bits per heavy atom. The Bertz CT molecular complexity index is 1090. The van der Waals surface area contributed by atoms with Crippen LogP contribution in [0.1, 0.15) is 27.8 Å². The number of pyridine rings is 1. The van der Waals surface area contributed by atoms with Crippen molar-refractivity contribution in [3.8, 4) is 11.5 Å². The number of ether oxygens (including phenoxy) is 2. The Kier molecular flexibility index (Phi) is 4.80. The quantitative estimate of drug-likeness (QED) is 0.700. The summed E-state index contributed by atoms with van der Waals surface area (Å²) in [6, 6.07) is 13.5. The van der Waals surface area contributed by atoms with Crippen molar-refractivity contribution in [2.75, 3.05) is 24.4 Å². The molecule has 0 saturated heterocycles. The molecule has 0 unspecified atom stereocenters. The monoisotopic (exact) mass is 393 g/mol.